The van der Waals surface area contributed by atoms with Gasteiger partial charge >= 0.3 is 6.36 Å². The van der Waals surface area contributed by atoms with Gasteiger partial charge in [0.15, 0.2) is 11.0 Å². The number of hydrogen-bond donors (Lipinski definition) is 2. The first-order valence-corrected chi connectivity index (χ1v) is 15.8. The van der Waals surface area contributed by atoms with E-state index in [0.717, 1.165) is 40.7 Å². The Morgan fingerprint density at radius 3 is 2.47 bits per heavy atom. The summed E-state index contributed by atoms with van der Waals surface area (Å²) in [5, 5.41) is 19.3. The zero-order valence-electron chi connectivity index (χ0n) is 25.6. The Labute approximate surface area is 265 Å². The third-order valence-corrected chi connectivity index (χ3v) is 8.57. The highest BCUT2D eigenvalue weighted by Gasteiger charge is 2.31. The van der Waals surface area contributed by atoms with E-state index in [1.165, 1.54) is 46.4 Å². The van der Waals surface area contributed by atoms with Gasteiger partial charge in [0.2, 0.25) is 6.35 Å². The fraction of sp³-hybridized carbons (Fsp3) is 0.364. The number of aliphatic hydroxyl groups is 1. The predicted molar refractivity (Wildman–Crippen MR) is 173 cm³/mol. The summed E-state index contributed by atoms with van der Waals surface area (Å²) >= 11 is 1.67. The summed E-state index contributed by atoms with van der Waals surface area (Å²) in [6.45, 7) is 9.93. The monoisotopic (exact) mass is 638 g/mol. The maximum Gasteiger partial charge on any atom is 0.573 e. The van der Waals surface area contributed by atoms with Crippen molar-refractivity contribution in [3.8, 4) is 22.8 Å². The summed E-state index contributed by atoms with van der Waals surface area (Å²) in [6, 6.07) is 19.8. The van der Waals surface area contributed by atoms with Crippen molar-refractivity contribution >= 4 is 22.6 Å². The number of aromatic nitrogens is 3. The number of hydrogen-bond acceptors (Lipinski definition) is 7. The lowest BCUT2D eigenvalue weighted by molar-refractivity contribution is -0.274. The van der Waals surface area contributed by atoms with Gasteiger partial charge in [0, 0.05) is 30.1 Å². The molecular weight excluding hydrogens is 601 g/mol. The smallest absolute Gasteiger partial charge is 0.406 e. The number of anilines is 1. The minimum atomic E-state index is -4.74. The molecule has 1 saturated heterocycles. The third-order valence-electron chi connectivity index (χ3n) is 7.49. The standard InChI is InChI=1S/C33H37F3N6O2S/c1-21(2)28-15-6-22(3)18-29(28)41-16-5-17-45-32(41)39-31(43)37-19-23(4)24-7-9-25(10-8-24)30-38-20-42(40-30)26-11-13-27(14-12-26)44-33(34,35)36/h6-15,18,20-21,23,31,37,43H,5,16-17,19H2,1-4H3. The van der Waals surface area contributed by atoms with Gasteiger partial charge in [0.25, 0.3) is 0 Å². The summed E-state index contributed by atoms with van der Waals surface area (Å²) in [5.41, 5.74) is 6.04. The Morgan fingerprint density at radius 1 is 1.04 bits per heavy atom. The van der Waals surface area contributed by atoms with Crippen molar-refractivity contribution in [1.82, 2.24) is 20.1 Å². The molecule has 238 valence electrons. The Morgan fingerprint density at radius 2 is 1.78 bits per heavy atom. The summed E-state index contributed by atoms with van der Waals surface area (Å²) in [6.07, 6.45) is -3.22. The van der Waals surface area contributed by atoms with Gasteiger partial charge in [-0.15, -0.1) is 18.3 Å². The van der Waals surface area contributed by atoms with E-state index in [2.05, 4.69) is 75.9 Å². The number of benzene rings is 3. The van der Waals surface area contributed by atoms with Gasteiger partial charge in [0.1, 0.15) is 12.1 Å². The lowest BCUT2D eigenvalue weighted by Crippen LogP contribution is -2.38. The van der Waals surface area contributed by atoms with Crippen LogP contribution in [0.15, 0.2) is 78.0 Å². The van der Waals surface area contributed by atoms with Crippen molar-refractivity contribution in [2.75, 3.05) is 23.7 Å². The average molecular weight is 639 g/mol. The SMILES string of the molecule is Cc1ccc(C(C)C)c(N2CCCSC2=NC(O)NCC(C)c2ccc(-c3ncn(-c4ccc(OC(F)(F)F)cc4)n3)cc2)c1. The number of aliphatic hydroxyl groups excluding tert-OH is 1. The number of rotatable bonds is 10. The number of halogens is 3. The first-order chi connectivity index (χ1) is 21.5. The molecule has 0 bridgehead atoms. The zero-order valence-corrected chi connectivity index (χ0v) is 26.4. The Kier molecular flexibility index (Phi) is 10.2. The lowest BCUT2D eigenvalue weighted by atomic mass is 9.98. The van der Waals surface area contributed by atoms with Crippen LogP contribution in [0, 0.1) is 6.92 Å². The van der Waals surface area contributed by atoms with Crippen LogP contribution < -0.4 is 15.0 Å². The molecule has 1 fully saturated rings. The van der Waals surface area contributed by atoms with Crippen molar-refractivity contribution in [2.24, 2.45) is 4.99 Å². The Hall–Kier alpha value is -3.87. The van der Waals surface area contributed by atoms with E-state index in [1.54, 1.807) is 11.8 Å². The average Bonchev–Trinajstić information content (AvgIpc) is 3.50. The fourth-order valence-electron chi connectivity index (χ4n) is 5.10. The number of aliphatic imine (C=N–C) groups is 1. The second kappa shape index (κ2) is 14.1. The van der Waals surface area contributed by atoms with Crippen molar-refractivity contribution in [2.45, 2.75) is 58.7 Å². The quantitative estimate of drug-likeness (QED) is 0.177. The molecule has 1 aliphatic rings. The molecule has 0 spiro atoms. The summed E-state index contributed by atoms with van der Waals surface area (Å²) in [4.78, 5) is 11.3. The molecule has 0 amide bonds. The summed E-state index contributed by atoms with van der Waals surface area (Å²) < 4.78 is 42.7. The van der Waals surface area contributed by atoms with Gasteiger partial charge in [-0.3, -0.25) is 5.32 Å². The van der Waals surface area contributed by atoms with Crippen LogP contribution in [0.2, 0.25) is 0 Å². The Bertz CT molecular complexity index is 1610. The molecule has 2 unspecified atom stereocenters. The van der Waals surface area contributed by atoms with E-state index in [-0.39, 0.29) is 11.7 Å². The topological polar surface area (TPSA) is 87.8 Å². The Balaban J connectivity index is 1.20. The van der Waals surface area contributed by atoms with E-state index < -0.39 is 12.7 Å². The number of nitrogens with one attached hydrogen (secondary N) is 1. The molecule has 0 aliphatic carbocycles. The van der Waals surface area contributed by atoms with Gasteiger partial charge in [-0.1, -0.05) is 68.9 Å². The number of amidine groups is 1. The molecule has 0 saturated carbocycles. The van der Waals surface area contributed by atoms with Crippen molar-refractivity contribution in [3.63, 3.8) is 0 Å². The molecule has 2 heterocycles. The van der Waals surface area contributed by atoms with Crippen LogP contribution in [0.25, 0.3) is 17.1 Å². The molecule has 45 heavy (non-hydrogen) atoms. The molecule has 1 aliphatic heterocycles. The van der Waals surface area contributed by atoms with E-state index >= 15 is 0 Å². The third kappa shape index (κ3) is 8.44. The minimum Gasteiger partial charge on any atom is -0.406 e. The van der Waals surface area contributed by atoms with Crippen molar-refractivity contribution in [1.29, 1.82) is 0 Å². The van der Waals surface area contributed by atoms with Crippen LogP contribution in [0.1, 0.15) is 55.7 Å². The second-order valence-electron chi connectivity index (χ2n) is 11.3. The van der Waals surface area contributed by atoms with Crippen LogP contribution in [0.3, 0.4) is 0 Å². The van der Waals surface area contributed by atoms with E-state index in [4.69, 9.17) is 0 Å². The van der Waals surface area contributed by atoms with Gasteiger partial charge in [-0.05, 0) is 72.2 Å². The van der Waals surface area contributed by atoms with Gasteiger partial charge in [-0.25, -0.2) is 14.7 Å². The molecule has 1 aromatic heterocycles. The summed E-state index contributed by atoms with van der Waals surface area (Å²) in [7, 11) is 0. The van der Waals surface area contributed by atoms with Gasteiger partial charge in [-0.2, -0.15) is 0 Å². The highest BCUT2D eigenvalue weighted by atomic mass is 32.2. The largest absolute Gasteiger partial charge is 0.573 e. The molecule has 3 aromatic carbocycles. The van der Waals surface area contributed by atoms with Gasteiger partial charge < -0.3 is 14.7 Å². The number of thioether (sulfide) groups is 1. The van der Waals surface area contributed by atoms with Crippen LogP contribution >= 0.6 is 11.8 Å². The molecule has 4 aromatic rings. The van der Waals surface area contributed by atoms with E-state index in [0.29, 0.717) is 24.0 Å². The minimum absolute atomic E-state index is 0.0938. The number of nitrogens with zero attached hydrogens (tertiary/aromatic N) is 5. The highest BCUT2D eigenvalue weighted by Crippen LogP contribution is 2.33. The fourth-order valence-corrected chi connectivity index (χ4v) is 6.07. The summed E-state index contributed by atoms with van der Waals surface area (Å²) in [5.74, 6) is 1.61. The molecule has 2 atom stereocenters. The van der Waals surface area contributed by atoms with Crippen molar-refractivity contribution in [3.05, 3.63) is 89.7 Å². The number of ether oxygens (including phenoxy) is 1. The molecule has 5 rings (SSSR count). The lowest BCUT2D eigenvalue weighted by Gasteiger charge is -2.33. The predicted octanol–water partition coefficient (Wildman–Crippen LogP) is 7.23. The van der Waals surface area contributed by atoms with Gasteiger partial charge in [0.05, 0.1) is 5.69 Å². The van der Waals surface area contributed by atoms with Crippen LogP contribution in [-0.4, -0.2) is 56.6 Å². The van der Waals surface area contributed by atoms with Crippen LogP contribution in [-0.2, 0) is 0 Å². The second-order valence-corrected chi connectivity index (χ2v) is 12.4. The maximum atomic E-state index is 12.4. The van der Waals surface area contributed by atoms with E-state index in [9.17, 15) is 18.3 Å². The first kappa shape index (κ1) is 32.5. The van der Waals surface area contributed by atoms with Crippen molar-refractivity contribution < 1.29 is 23.0 Å². The molecular formula is C33H37F3N6O2S. The molecule has 12 heteroatoms. The van der Waals surface area contributed by atoms with Crippen LogP contribution in [0.4, 0.5) is 18.9 Å². The van der Waals surface area contributed by atoms with Crippen LogP contribution in [0.5, 0.6) is 5.75 Å². The normalized spacial score (nSPS) is 16.3. The highest BCUT2D eigenvalue weighted by molar-refractivity contribution is 8.14. The molecule has 8 nitrogen and oxygen atoms in total. The number of aryl methyl sites for hydroxylation is 1. The molecule has 2 N–H and O–H groups in total. The zero-order chi connectivity index (χ0) is 32.1. The van der Waals surface area contributed by atoms with E-state index in [1.807, 2.05) is 24.3 Å². The first-order valence-electron chi connectivity index (χ1n) is 14.8. The maximum absolute atomic E-state index is 12.4. The number of alkyl halides is 3. The molecule has 0 radical (unpaired) electrons.